The van der Waals surface area contributed by atoms with Gasteiger partial charge in [0.1, 0.15) is 5.75 Å². The highest BCUT2D eigenvalue weighted by Crippen LogP contribution is 2.16. The fourth-order valence-electron chi connectivity index (χ4n) is 3.43. The van der Waals surface area contributed by atoms with Gasteiger partial charge in [-0.3, -0.25) is 19.9 Å². The number of guanidine groups is 1. The molecule has 0 spiro atoms. The summed E-state index contributed by atoms with van der Waals surface area (Å²) in [5.74, 6) is 0.527. The summed E-state index contributed by atoms with van der Waals surface area (Å²) in [5, 5.41) is 5.83. The molecule has 0 aliphatic rings. The smallest absolute Gasteiger partial charge is 0.257 e. The van der Waals surface area contributed by atoms with Gasteiger partial charge in [0.25, 0.3) is 11.5 Å². The van der Waals surface area contributed by atoms with Gasteiger partial charge in [0.2, 0.25) is 11.9 Å². The first kappa shape index (κ1) is 23.4. The zero-order chi connectivity index (χ0) is 24.6. The van der Waals surface area contributed by atoms with Crippen molar-refractivity contribution < 1.29 is 9.53 Å². The van der Waals surface area contributed by atoms with Crippen molar-refractivity contribution in [3.8, 4) is 5.75 Å². The number of aliphatic imine (C=N–C) groups is 1. The van der Waals surface area contributed by atoms with Gasteiger partial charge < -0.3 is 10.1 Å². The molecule has 176 valence electrons. The van der Waals surface area contributed by atoms with E-state index in [4.69, 9.17) is 4.74 Å². The first-order valence-corrected chi connectivity index (χ1v) is 11.0. The zero-order valence-electron chi connectivity index (χ0n) is 19.4. The molecule has 8 heteroatoms. The average molecular weight is 468 g/mol. The number of methoxy groups -OCH3 is 1. The molecule has 0 bridgehead atoms. The van der Waals surface area contributed by atoms with Crippen LogP contribution in [0, 0.1) is 6.92 Å². The van der Waals surface area contributed by atoms with E-state index in [0.29, 0.717) is 34.7 Å². The maximum atomic E-state index is 12.8. The lowest BCUT2D eigenvalue weighted by molar-refractivity contribution is 0.0977. The highest BCUT2D eigenvalue weighted by atomic mass is 16.5. The maximum absolute atomic E-state index is 12.8. The van der Waals surface area contributed by atoms with Gasteiger partial charge >= 0.3 is 0 Å². The molecule has 4 aromatic rings. The second-order valence-corrected chi connectivity index (χ2v) is 7.75. The molecule has 1 heterocycles. The predicted octanol–water partition coefficient (Wildman–Crippen LogP) is 4.21. The van der Waals surface area contributed by atoms with Crippen molar-refractivity contribution in [2.45, 2.75) is 13.3 Å². The Morgan fingerprint density at radius 3 is 2.26 bits per heavy atom. The molecule has 4 rings (SSSR count). The molecule has 3 N–H and O–H groups in total. The normalized spacial score (nSPS) is 11.1. The van der Waals surface area contributed by atoms with Crippen molar-refractivity contribution in [3.05, 3.63) is 118 Å². The number of aromatic nitrogens is 2. The van der Waals surface area contributed by atoms with Crippen LogP contribution in [-0.2, 0) is 6.42 Å². The molecule has 0 fully saturated rings. The van der Waals surface area contributed by atoms with Gasteiger partial charge in [-0.1, -0.05) is 48.5 Å². The summed E-state index contributed by atoms with van der Waals surface area (Å²) in [6.07, 6.45) is 0.459. The first-order chi connectivity index (χ1) is 17.0. The lowest BCUT2D eigenvalue weighted by Gasteiger charge is -2.12. The molecule has 1 amide bonds. The van der Waals surface area contributed by atoms with E-state index in [1.54, 1.807) is 62.6 Å². The van der Waals surface area contributed by atoms with Gasteiger partial charge in [0.15, 0.2) is 0 Å². The summed E-state index contributed by atoms with van der Waals surface area (Å²) in [5.41, 5.74) is 2.99. The van der Waals surface area contributed by atoms with Crippen LogP contribution in [0.5, 0.6) is 5.75 Å². The van der Waals surface area contributed by atoms with Gasteiger partial charge in [-0.25, -0.2) is 4.98 Å². The Kier molecular flexibility index (Phi) is 7.32. The summed E-state index contributed by atoms with van der Waals surface area (Å²) in [4.78, 5) is 37.2. The summed E-state index contributed by atoms with van der Waals surface area (Å²) in [6.45, 7) is 1.77. The second kappa shape index (κ2) is 10.9. The van der Waals surface area contributed by atoms with Crippen molar-refractivity contribution in [1.29, 1.82) is 0 Å². The Balaban J connectivity index is 1.64. The number of hydrogen-bond acceptors (Lipinski definition) is 5. The number of aryl methyl sites for hydroxylation is 1. The van der Waals surface area contributed by atoms with Crippen LogP contribution >= 0.6 is 0 Å². The van der Waals surface area contributed by atoms with Crippen molar-refractivity contribution >= 4 is 23.5 Å². The van der Waals surface area contributed by atoms with Crippen LogP contribution in [0.4, 0.5) is 11.6 Å². The second-order valence-electron chi connectivity index (χ2n) is 7.75. The van der Waals surface area contributed by atoms with Crippen LogP contribution in [0.3, 0.4) is 0 Å². The van der Waals surface area contributed by atoms with Gasteiger partial charge in [-0.2, -0.15) is 4.99 Å². The third-order valence-corrected chi connectivity index (χ3v) is 5.27. The number of nitrogens with one attached hydrogen (secondary N) is 3. The number of amides is 1. The third-order valence-electron chi connectivity index (χ3n) is 5.27. The SMILES string of the molecule is COc1ccc(NC(=Nc2nc(C)c(Cc3ccccc3)c(=O)[nH]2)NC(=O)c2ccccc2)cc1. The number of anilines is 1. The Bertz CT molecular complexity index is 1380. The van der Waals surface area contributed by atoms with Crippen molar-refractivity contribution in [1.82, 2.24) is 15.3 Å². The molecule has 1 aromatic heterocycles. The van der Waals surface area contributed by atoms with Crippen LogP contribution < -0.4 is 20.9 Å². The number of hydrogen-bond donors (Lipinski definition) is 3. The molecule has 8 nitrogen and oxygen atoms in total. The van der Waals surface area contributed by atoms with Crippen LogP contribution in [-0.4, -0.2) is 28.9 Å². The summed E-state index contributed by atoms with van der Waals surface area (Å²) in [7, 11) is 1.58. The molecular formula is C27H25N5O3. The number of carbonyl (C=O) groups excluding carboxylic acids is 1. The molecular weight excluding hydrogens is 442 g/mol. The zero-order valence-corrected chi connectivity index (χ0v) is 19.4. The maximum Gasteiger partial charge on any atom is 0.257 e. The van der Waals surface area contributed by atoms with Gasteiger partial charge in [-0.05, 0) is 48.9 Å². The van der Waals surface area contributed by atoms with E-state index < -0.39 is 0 Å². The predicted molar refractivity (Wildman–Crippen MR) is 136 cm³/mol. The van der Waals surface area contributed by atoms with E-state index in [-0.39, 0.29) is 23.4 Å². The van der Waals surface area contributed by atoms with Crippen molar-refractivity contribution in [2.24, 2.45) is 4.99 Å². The number of nitrogens with zero attached hydrogens (tertiary/aromatic N) is 2. The summed E-state index contributed by atoms with van der Waals surface area (Å²) in [6, 6.07) is 25.6. The molecule has 0 radical (unpaired) electrons. The Labute approximate surface area is 202 Å². The van der Waals surface area contributed by atoms with Crippen LogP contribution in [0.1, 0.15) is 27.2 Å². The number of carbonyl (C=O) groups is 1. The van der Waals surface area contributed by atoms with Crippen molar-refractivity contribution in [2.75, 3.05) is 12.4 Å². The van der Waals surface area contributed by atoms with Crippen molar-refractivity contribution in [3.63, 3.8) is 0 Å². The number of rotatable bonds is 6. The van der Waals surface area contributed by atoms with Crippen LogP contribution in [0.15, 0.2) is 94.7 Å². The fourth-order valence-corrected chi connectivity index (χ4v) is 3.43. The monoisotopic (exact) mass is 467 g/mol. The Morgan fingerprint density at radius 1 is 0.971 bits per heavy atom. The van der Waals surface area contributed by atoms with E-state index in [2.05, 4.69) is 25.6 Å². The van der Waals surface area contributed by atoms with Crippen LogP contribution in [0.25, 0.3) is 0 Å². The van der Waals surface area contributed by atoms with Gasteiger partial charge in [0.05, 0.1) is 12.8 Å². The molecule has 0 saturated heterocycles. The minimum Gasteiger partial charge on any atom is -0.497 e. The minimum absolute atomic E-state index is 0.0775. The standard InChI is InChI=1S/C27H25N5O3/c1-18-23(17-19-9-5-3-6-10-19)25(34)31-26(28-18)32-27(29-21-13-15-22(35-2)16-14-21)30-24(33)20-11-7-4-8-12-20/h3-16H,17H2,1-2H3,(H3,28,29,30,31,32,33,34). The number of H-pyrrole nitrogens is 1. The Morgan fingerprint density at radius 2 is 1.63 bits per heavy atom. The van der Waals surface area contributed by atoms with E-state index >= 15 is 0 Å². The summed E-state index contributed by atoms with van der Waals surface area (Å²) < 4.78 is 5.19. The van der Waals surface area contributed by atoms with Crippen LogP contribution in [0.2, 0.25) is 0 Å². The average Bonchev–Trinajstić information content (AvgIpc) is 2.88. The molecule has 0 unspecified atom stereocenters. The molecule has 0 atom stereocenters. The quantitative estimate of drug-likeness (QED) is 0.291. The summed E-state index contributed by atoms with van der Waals surface area (Å²) >= 11 is 0. The third kappa shape index (κ3) is 6.20. The number of benzene rings is 3. The molecule has 0 saturated carbocycles. The molecule has 0 aliphatic carbocycles. The first-order valence-electron chi connectivity index (χ1n) is 11.0. The van der Waals surface area contributed by atoms with Gasteiger partial charge in [-0.15, -0.1) is 0 Å². The number of ether oxygens (including phenoxy) is 1. The van der Waals surface area contributed by atoms with E-state index in [9.17, 15) is 9.59 Å². The highest BCUT2D eigenvalue weighted by molar-refractivity contribution is 6.10. The Hall–Kier alpha value is -4.72. The van der Waals surface area contributed by atoms with E-state index in [1.807, 2.05) is 36.4 Å². The van der Waals surface area contributed by atoms with Gasteiger partial charge in [0, 0.05) is 23.2 Å². The molecule has 3 aromatic carbocycles. The lowest BCUT2D eigenvalue weighted by Crippen LogP contribution is -2.36. The van der Waals surface area contributed by atoms with E-state index in [1.165, 1.54) is 0 Å². The molecule has 35 heavy (non-hydrogen) atoms. The highest BCUT2D eigenvalue weighted by Gasteiger charge is 2.13. The van der Waals surface area contributed by atoms with E-state index in [0.717, 1.165) is 5.56 Å². The lowest BCUT2D eigenvalue weighted by atomic mass is 10.1. The minimum atomic E-state index is -0.356. The largest absolute Gasteiger partial charge is 0.497 e. The molecule has 0 aliphatic heterocycles. The number of aromatic amines is 1. The topological polar surface area (TPSA) is 108 Å². The fraction of sp³-hybridized carbons (Fsp3) is 0.111.